The number of nitrogens with zero attached hydrogens (tertiary/aromatic N) is 1. The maximum Gasteiger partial charge on any atom is 0.251 e. The van der Waals surface area contributed by atoms with Gasteiger partial charge in [0.15, 0.2) is 0 Å². The van der Waals surface area contributed by atoms with Gasteiger partial charge in [-0.15, -0.1) is 0 Å². The monoisotopic (exact) mass is 328 g/mol. The summed E-state index contributed by atoms with van der Waals surface area (Å²) in [4.78, 5) is 16.5. The zero-order valence-corrected chi connectivity index (χ0v) is 13.3. The molecular formula is C18H20N2O4. The summed E-state index contributed by atoms with van der Waals surface area (Å²) in [5, 5.41) is 23.1. The van der Waals surface area contributed by atoms with Gasteiger partial charge in [0.1, 0.15) is 11.9 Å². The number of rotatable bonds is 4. The minimum absolute atomic E-state index is 0.189. The Morgan fingerprint density at radius 1 is 1.25 bits per heavy atom. The van der Waals surface area contributed by atoms with E-state index in [0.717, 1.165) is 5.56 Å². The topological polar surface area (TPSA) is 91.7 Å². The lowest BCUT2D eigenvalue weighted by Gasteiger charge is -2.23. The number of amides is 1. The van der Waals surface area contributed by atoms with Gasteiger partial charge in [0.25, 0.3) is 5.91 Å². The summed E-state index contributed by atoms with van der Waals surface area (Å²) in [5.41, 5.74) is 1.35. The summed E-state index contributed by atoms with van der Waals surface area (Å²) >= 11 is 0. The van der Waals surface area contributed by atoms with Gasteiger partial charge in [-0.2, -0.15) is 0 Å². The second kappa shape index (κ2) is 6.98. The summed E-state index contributed by atoms with van der Waals surface area (Å²) < 4.78 is 5.08. The smallest absolute Gasteiger partial charge is 0.251 e. The lowest BCUT2D eigenvalue weighted by Crippen LogP contribution is -2.45. The Bertz CT molecular complexity index is 690. The van der Waals surface area contributed by atoms with E-state index in [4.69, 9.17) is 4.74 Å². The van der Waals surface area contributed by atoms with Gasteiger partial charge in [0.05, 0.1) is 19.3 Å². The van der Waals surface area contributed by atoms with E-state index in [1.807, 2.05) is 6.07 Å². The molecule has 0 saturated heterocycles. The van der Waals surface area contributed by atoms with E-state index < -0.39 is 18.2 Å². The molecule has 0 aliphatic heterocycles. The molecule has 1 heterocycles. The Balaban J connectivity index is 1.78. The van der Waals surface area contributed by atoms with Crippen molar-refractivity contribution in [2.45, 2.75) is 30.6 Å². The van der Waals surface area contributed by atoms with Crippen LogP contribution in [-0.2, 0) is 0 Å². The molecule has 1 amide bonds. The number of aliphatic hydroxyl groups excluding tert-OH is 2. The average Bonchev–Trinajstić information content (AvgIpc) is 2.91. The second-order valence-corrected chi connectivity index (χ2v) is 5.91. The molecule has 0 unspecified atom stereocenters. The van der Waals surface area contributed by atoms with Crippen molar-refractivity contribution in [3.05, 3.63) is 59.9 Å². The Morgan fingerprint density at radius 3 is 2.62 bits per heavy atom. The summed E-state index contributed by atoms with van der Waals surface area (Å²) in [5.74, 6) is 0.173. The first kappa shape index (κ1) is 16.4. The van der Waals surface area contributed by atoms with Gasteiger partial charge >= 0.3 is 0 Å². The Hall–Kier alpha value is -2.44. The van der Waals surface area contributed by atoms with E-state index >= 15 is 0 Å². The van der Waals surface area contributed by atoms with E-state index in [2.05, 4.69) is 10.3 Å². The second-order valence-electron chi connectivity index (χ2n) is 5.91. The molecule has 1 aromatic heterocycles. The number of ether oxygens (including phenoxy) is 1. The number of carbonyl (C=O) groups is 1. The molecule has 3 N–H and O–H groups in total. The average molecular weight is 328 g/mol. The van der Waals surface area contributed by atoms with Gasteiger partial charge in [-0.05, 0) is 42.3 Å². The molecule has 0 radical (unpaired) electrons. The minimum Gasteiger partial charge on any atom is -0.497 e. The number of nitrogens with one attached hydrogen (secondary N) is 1. The molecular weight excluding hydrogens is 308 g/mol. The van der Waals surface area contributed by atoms with E-state index in [0.29, 0.717) is 17.7 Å². The molecule has 1 aromatic carbocycles. The first-order valence-corrected chi connectivity index (χ1v) is 7.81. The third-order valence-electron chi connectivity index (χ3n) is 4.45. The first-order chi connectivity index (χ1) is 11.6. The van der Waals surface area contributed by atoms with Gasteiger partial charge in [-0.1, -0.05) is 6.07 Å². The van der Waals surface area contributed by atoms with E-state index in [1.165, 1.54) is 0 Å². The number of hydrogen-bond donors (Lipinski definition) is 3. The largest absolute Gasteiger partial charge is 0.497 e. The first-order valence-electron chi connectivity index (χ1n) is 7.81. The number of carbonyl (C=O) groups excluding carboxylic acids is 1. The van der Waals surface area contributed by atoms with Gasteiger partial charge in [0, 0.05) is 23.9 Å². The van der Waals surface area contributed by atoms with E-state index in [9.17, 15) is 15.0 Å². The molecule has 1 aliphatic rings. The van der Waals surface area contributed by atoms with Crippen LogP contribution in [0.2, 0.25) is 0 Å². The molecule has 2 aromatic rings. The van der Waals surface area contributed by atoms with Crippen LogP contribution in [0.25, 0.3) is 0 Å². The number of benzene rings is 1. The number of hydrogen-bond acceptors (Lipinski definition) is 5. The maximum atomic E-state index is 12.5. The van der Waals surface area contributed by atoms with Crippen molar-refractivity contribution in [1.82, 2.24) is 10.3 Å². The number of aliphatic hydroxyl groups is 2. The fourth-order valence-electron chi connectivity index (χ4n) is 3.13. The van der Waals surface area contributed by atoms with Crippen LogP contribution in [-0.4, -0.2) is 46.5 Å². The lowest BCUT2D eigenvalue weighted by atomic mass is 9.94. The molecule has 1 aliphatic carbocycles. The van der Waals surface area contributed by atoms with Crippen LogP contribution < -0.4 is 10.1 Å². The molecule has 1 saturated carbocycles. The van der Waals surface area contributed by atoms with Crippen LogP contribution in [0.1, 0.15) is 28.3 Å². The quantitative estimate of drug-likeness (QED) is 0.782. The number of pyridine rings is 1. The molecule has 1 fully saturated rings. The van der Waals surface area contributed by atoms with Crippen molar-refractivity contribution in [3.63, 3.8) is 0 Å². The molecule has 126 valence electrons. The molecule has 4 atom stereocenters. The third-order valence-corrected chi connectivity index (χ3v) is 4.45. The predicted molar refractivity (Wildman–Crippen MR) is 87.9 cm³/mol. The summed E-state index contributed by atoms with van der Waals surface area (Å²) in [6.07, 6.45) is 1.84. The number of aromatic nitrogens is 1. The van der Waals surface area contributed by atoms with Crippen LogP contribution in [0.5, 0.6) is 5.75 Å². The molecule has 6 heteroatoms. The standard InChI is InChI=1S/C18H20N2O4/c1-24-13-6-4-11(5-7-13)18(23)20-16-14(9-15(21)17(16)22)12-3-2-8-19-10-12/h2-8,10,14-17,21-22H,9H2,1H3,(H,20,23)/t14-,15-,16-,17-/m1/s1. The Labute approximate surface area is 140 Å². The van der Waals surface area contributed by atoms with Crippen molar-refractivity contribution >= 4 is 5.91 Å². The number of methoxy groups -OCH3 is 1. The van der Waals surface area contributed by atoms with Gasteiger partial charge in [0.2, 0.25) is 0 Å². The molecule has 6 nitrogen and oxygen atoms in total. The molecule has 24 heavy (non-hydrogen) atoms. The fraction of sp³-hybridized carbons (Fsp3) is 0.333. The Morgan fingerprint density at radius 2 is 2.00 bits per heavy atom. The minimum atomic E-state index is -1.02. The highest BCUT2D eigenvalue weighted by Gasteiger charge is 2.43. The molecule has 0 spiro atoms. The summed E-state index contributed by atoms with van der Waals surface area (Å²) in [6, 6.07) is 9.83. The van der Waals surface area contributed by atoms with Crippen LogP contribution in [0, 0.1) is 0 Å². The van der Waals surface area contributed by atoms with Crippen LogP contribution >= 0.6 is 0 Å². The molecule has 0 bridgehead atoms. The Kier molecular flexibility index (Phi) is 4.78. The molecule has 3 rings (SSSR count). The van der Waals surface area contributed by atoms with Gasteiger partial charge < -0.3 is 20.3 Å². The maximum absolute atomic E-state index is 12.5. The normalized spacial score (nSPS) is 26.1. The van der Waals surface area contributed by atoms with Crippen molar-refractivity contribution in [2.75, 3.05) is 7.11 Å². The van der Waals surface area contributed by atoms with Crippen molar-refractivity contribution in [2.24, 2.45) is 0 Å². The van der Waals surface area contributed by atoms with Crippen LogP contribution in [0.15, 0.2) is 48.8 Å². The van der Waals surface area contributed by atoms with E-state index in [1.54, 1.807) is 49.8 Å². The zero-order valence-electron chi connectivity index (χ0n) is 13.3. The van der Waals surface area contributed by atoms with Crippen molar-refractivity contribution in [1.29, 1.82) is 0 Å². The highest BCUT2D eigenvalue weighted by molar-refractivity contribution is 5.94. The zero-order chi connectivity index (χ0) is 17.1. The third kappa shape index (κ3) is 3.25. The highest BCUT2D eigenvalue weighted by Crippen LogP contribution is 2.35. The SMILES string of the molecule is COc1ccc(C(=O)N[C@H]2[C@H](O)[C@H](O)C[C@@H]2c2cccnc2)cc1. The summed E-state index contributed by atoms with van der Waals surface area (Å²) in [6.45, 7) is 0. The summed E-state index contributed by atoms with van der Waals surface area (Å²) in [7, 11) is 1.56. The van der Waals surface area contributed by atoms with Crippen molar-refractivity contribution in [3.8, 4) is 5.75 Å². The van der Waals surface area contributed by atoms with Crippen LogP contribution in [0.4, 0.5) is 0 Å². The highest BCUT2D eigenvalue weighted by atomic mass is 16.5. The van der Waals surface area contributed by atoms with E-state index in [-0.39, 0.29) is 11.8 Å². The lowest BCUT2D eigenvalue weighted by molar-refractivity contribution is 0.0294. The fourth-order valence-corrected chi connectivity index (χ4v) is 3.13. The van der Waals surface area contributed by atoms with Crippen LogP contribution in [0.3, 0.4) is 0 Å². The van der Waals surface area contributed by atoms with Crippen molar-refractivity contribution < 1.29 is 19.7 Å². The predicted octanol–water partition coefficient (Wildman–Crippen LogP) is 1.10. The van der Waals surface area contributed by atoms with Gasteiger partial charge in [-0.3, -0.25) is 9.78 Å². The van der Waals surface area contributed by atoms with Gasteiger partial charge in [-0.25, -0.2) is 0 Å².